The zero-order valence-corrected chi connectivity index (χ0v) is 9.72. The van der Waals surface area contributed by atoms with Gasteiger partial charge < -0.3 is 10.1 Å². The normalized spacial score (nSPS) is 10.9. The van der Waals surface area contributed by atoms with E-state index in [0.717, 1.165) is 11.1 Å². The predicted molar refractivity (Wildman–Crippen MR) is 69.9 cm³/mol. The SMILES string of the molecule is COC(=O)C/C=C/c1cccc(/C=C/C=N)c1. The van der Waals surface area contributed by atoms with Crippen LogP contribution in [0, 0.1) is 5.41 Å². The molecule has 0 saturated carbocycles. The molecule has 1 N–H and O–H groups in total. The Morgan fingerprint density at radius 3 is 2.71 bits per heavy atom. The minimum absolute atomic E-state index is 0.249. The quantitative estimate of drug-likeness (QED) is 0.623. The topological polar surface area (TPSA) is 50.2 Å². The van der Waals surface area contributed by atoms with Crippen LogP contribution in [0.2, 0.25) is 0 Å². The maximum absolute atomic E-state index is 10.9. The molecule has 1 aromatic carbocycles. The van der Waals surface area contributed by atoms with Crippen LogP contribution in [0.5, 0.6) is 0 Å². The molecule has 1 rings (SSSR count). The fourth-order valence-corrected chi connectivity index (χ4v) is 1.30. The lowest BCUT2D eigenvalue weighted by atomic mass is 10.1. The van der Waals surface area contributed by atoms with E-state index >= 15 is 0 Å². The summed E-state index contributed by atoms with van der Waals surface area (Å²) >= 11 is 0. The van der Waals surface area contributed by atoms with Gasteiger partial charge in [-0.3, -0.25) is 4.79 Å². The second-order valence-corrected chi connectivity index (χ2v) is 3.38. The summed E-state index contributed by atoms with van der Waals surface area (Å²) in [4.78, 5) is 10.9. The van der Waals surface area contributed by atoms with Crippen molar-refractivity contribution in [1.82, 2.24) is 0 Å². The molecule has 0 saturated heterocycles. The standard InChI is InChI=1S/C14H15NO2/c1-17-14(16)9-3-7-12-5-2-6-13(11-12)8-4-10-15/h2-8,10-11,15H,9H2,1H3/b7-3+,8-4+,15-10?. The molecule has 0 atom stereocenters. The highest BCUT2D eigenvalue weighted by Gasteiger charge is 1.94. The van der Waals surface area contributed by atoms with Crippen LogP contribution in [0.3, 0.4) is 0 Å². The van der Waals surface area contributed by atoms with Crippen LogP contribution >= 0.6 is 0 Å². The van der Waals surface area contributed by atoms with Gasteiger partial charge in [0.05, 0.1) is 13.5 Å². The summed E-state index contributed by atoms with van der Waals surface area (Å²) in [7, 11) is 1.37. The molecule has 3 heteroatoms. The van der Waals surface area contributed by atoms with Crippen molar-refractivity contribution in [2.75, 3.05) is 7.11 Å². The molecule has 0 heterocycles. The Bertz CT molecular complexity index is 447. The summed E-state index contributed by atoms with van der Waals surface area (Å²) in [6.07, 6.45) is 8.67. The lowest BCUT2D eigenvalue weighted by Crippen LogP contribution is -1.96. The Morgan fingerprint density at radius 2 is 2.06 bits per heavy atom. The van der Waals surface area contributed by atoms with E-state index in [4.69, 9.17) is 5.41 Å². The number of ether oxygens (including phenoxy) is 1. The van der Waals surface area contributed by atoms with E-state index in [2.05, 4.69) is 4.74 Å². The first-order valence-corrected chi connectivity index (χ1v) is 5.27. The number of benzene rings is 1. The highest BCUT2D eigenvalue weighted by Crippen LogP contribution is 2.09. The molecule has 0 aliphatic heterocycles. The second-order valence-electron chi connectivity index (χ2n) is 3.38. The minimum atomic E-state index is -0.249. The van der Waals surface area contributed by atoms with Crippen molar-refractivity contribution in [1.29, 1.82) is 5.41 Å². The van der Waals surface area contributed by atoms with Gasteiger partial charge in [-0.2, -0.15) is 0 Å². The maximum atomic E-state index is 10.9. The monoisotopic (exact) mass is 229 g/mol. The first-order valence-electron chi connectivity index (χ1n) is 5.27. The van der Waals surface area contributed by atoms with Crippen LogP contribution < -0.4 is 0 Å². The van der Waals surface area contributed by atoms with Gasteiger partial charge in [0, 0.05) is 6.21 Å². The predicted octanol–water partition coefficient (Wildman–Crippen LogP) is 2.93. The van der Waals surface area contributed by atoms with Gasteiger partial charge in [-0.25, -0.2) is 0 Å². The van der Waals surface area contributed by atoms with Crippen LogP contribution in [0.15, 0.2) is 36.4 Å². The van der Waals surface area contributed by atoms with Crippen LogP contribution in [0.4, 0.5) is 0 Å². The summed E-state index contributed by atoms with van der Waals surface area (Å²) in [5.41, 5.74) is 2.04. The van der Waals surface area contributed by atoms with Crippen molar-refractivity contribution in [2.45, 2.75) is 6.42 Å². The fourth-order valence-electron chi connectivity index (χ4n) is 1.30. The molecule has 0 radical (unpaired) electrons. The molecule has 0 aromatic heterocycles. The maximum Gasteiger partial charge on any atom is 0.309 e. The van der Waals surface area contributed by atoms with Crippen LogP contribution in [-0.4, -0.2) is 19.3 Å². The van der Waals surface area contributed by atoms with Gasteiger partial charge in [0.25, 0.3) is 0 Å². The van der Waals surface area contributed by atoms with Gasteiger partial charge in [-0.1, -0.05) is 36.4 Å². The van der Waals surface area contributed by atoms with E-state index < -0.39 is 0 Å². The Labute approximate surface area is 101 Å². The van der Waals surface area contributed by atoms with Gasteiger partial charge in [-0.05, 0) is 23.3 Å². The van der Waals surface area contributed by atoms with E-state index in [1.807, 2.05) is 36.4 Å². The zero-order valence-electron chi connectivity index (χ0n) is 9.72. The van der Waals surface area contributed by atoms with E-state index in [0.29, 0.717) is 0 Å². The van der Waals surface area contributed by atoms with E-state index in [9.17, 15) is 4.79 Å². The first kappa shape index (κ1) is 12.9. The average Bonchev–Trinajstić information content (AvgIpc) is 2.36. The summed E-state index contributed by atoms with van der Waals surface area (Å²) < 4.78 is 4.54. The molecule has 88 valence electrons. The molecule has 0 amide bonds. The number of rotatable bonds is 5. The Hall–Kier alpha value is -2.16. The van der Waals surface area contributed by atoms with Gasteiger partial charge in [0.2, 0.25) is 0 Å². The smallest absolute Gasteiger partial charge is 0.309 e. The molecular formula is C14H15NO2. The molecule has 1 aromatic rings. The molecule has 0 aliphatic rings. The van der Waals surface area contributed by atoms with Gasteiger partial charge in [0.1, 0.15) is 0 Å². The van der Waals surface area contributed by atoms with Crippen molar-refractivity contribution in [3.63, 3.8) is 0 Å². The highest BCUT2D eigenvalue weighted by molar-refractivity contribution is 5.76. The number of allylic oxidation sites excluding steroid dienone is 1. The number of carbonyl (C=O) groups excluding carboxylic acids is 1. The van der Waals surface area contributed by atoms with E-state index in [1.165, 1.54) is 13.3 Å². The molecular weight excluding hydrogens is 214 g/mol. The summed E-state index contributed by atoms with van der Waals surface area (Å²) in [6, 6.07) is 7.82. The average molecular weight is 229 g/mol. The van der Waals surface area contributed by atoms with Crippen molar-refractivity contribution in [2.24, 2.45) is 0 Å². The summed E-state index contributed by atoms with van der Waals surface area (Å²) in [5.74, 6) is -0.249. The number of esters is 1. The third kappa shape index (κ3) is 4.93. The van der Waals surface area contributed by atoms with Gasteiger partial charge in [0.15, 0.2) is 0 Å². The van der Waals surface area contributed by atoms with Gasteiger partial charge >= 0.3 is 5.97 Å². The number of hydrogen-bond donors (Lipinski definition) is 1. The molecule has 0 aliphatic carbocycles. The zero-order chi connectivity index (χ0) is 12.5. The van der Waals surface area contributed by atoms with Crippen molar-refractivity contribution in [3.05, 3.63) is 47.5 Å². The van der Waals surface area contributed by atoms with Crippen LogP contribution in [-0.2, 0) is 9.53 Å². The van der Waals surface area contributed by atoms with E-state index in [1.54, 1.807) is 12.2 Å². The second kappa shape index (κ2) is 7.17. The number of hydrogen-bond acceptors (Lipinski definition) is 3. The molecule has 0 spiro atoms. The third-order valence-corrected chi connectivity index (χ3v) is 2.12. The molecule has 0 fully saturated rings. The summed E-state index contributed by atoms with van der Waals surface area (Å²) in [6.45, 7) is 0. The highest BCUT2D eigenvalue weighted by atomic mass is 16.5. The Balaban J connectivity index is 2.68. The summed E-state index contributed by atoms with van der Waals surface area (Å²) in [5, 5.41) is 6.91. The fraction of sp³-hybridized carbons (Fsp3) is 0.143. The molecule has 0 unspecified atom stereocenters. The molecule has 3 nitrogen and oxygen atoms in total. The van der Waals surface area contributed by atoms with Gasteiger partial charge in [-0.15, -0.1) is 0 Å². The lowest BCUT2D eigenvalue weighted by molar-refractivity contribution is -0.139. The van der Waals surface area contributed by atoms with Crippen LogP contribution in [0.1, 0.15) is 17.5 Å². The van der Waals surface area contributed by atoms with Crippen LogP contribution in [0.25, 0.3) is 12.2 Å². The Morgan fingerprint density at radius 1 is 1.35 bits per heavy atom. The largest absolute Gasteiger partial charge is 0.469 e. The van der Waals surface area contributed by atoms with E-state index in [-0.39, 0.29) is 12.4 Å². The number of carbonyl (C=O) groups is 1. The molecule has 0 bridgehead atoms. The minimum Gasteiger partial charge on any atom is -0.469 e. The molecule has 17 heavy (non-hydrogen) atoms. The Kier molecular flexibility index (Phi) is 5.44. The first-order chi connectivity index (χ1) is 8.26. The van der Waals surface area contributed by atoms with Crippen molar-refractivity contribution < 1.29 is 9.53 Å². The number of nitrogens with one attached hydrogen (secondary N) is 1. The van der Waals surface area contributed by atoms with Crippen molar-refractivity contribution in [3.8, 4) is 0 Å². The third-order valence-electron chi connectivity index (χ3n) is 2.12. The number of methoxy groups -OCH3 is 1. The van der Waals surface area contributed by atoms with Crippen molar-refractivity contribution >= 4 is 24.3 Å². The lowest BCUT2D eigenvalue weighted by Gasteiger charge is -1.96.